The Hall–Kier alpha value is -3.77. The molecule has 3 N–H and O–H groups in total. The van der Waals surface area contributed by atoms with Crippen LogP contribution in [-0.4, -0.2) is 65.0 Å². The molecule has 0 saturated carbocycles. The third-order valence-electron chi connectivity index (χ3n) is 6.33. The third-order valence-corrected chi connectivity index (χ3v) is 6.59. The zero-order valence-electron chi connectivity index (χ0n) is 20.2. The number of nitro groups is 1. The maximum Gasteiger partial charge on any atom is 0.342 e. The van der Waals surface area contributed by atoms with Crippen LogP contribution in [0.5, 0.6) is 0 Å². The van der Waals surface area contributed by atoms with Crippen molar-refractivity contribution in [2.75, 3.05) is 20.2 Å². The number of carbonyl (C=O) groups is 4. The van der Waals surface area contributed by atoms with E-state index in [1.807, 2.05) is 0 Å². The number of carbonyl (C=O) groups excluding carboxylic acids is 3. The first-order valence-corrected chi connectivity index (χ1v) is 11.9. The van der Waals surface area contributed by atoms with E-state index in [-0.39, 0.29) is 37.0 Å². The maximum absolute atomic E-state index is 13.4. The van der Waals surface area contributed by atoms with Crippen LogP contribution in [0.1, 0.15) is 41.7 Å². The van der Waals surface area contributed by atoms with Gasteiger partial charge in [-0.2, -0.15) is 0 Å². The van der Waals surface area contributed by atoms with Crippen LogP contribution in [0.15, 0.2) is 41.5 Å². The largest absolute Gasteiger partial charge is 0.477 e. The van der Waals surface area contributed by atoms with Gasteiger partial charge in [0.05, 0.1) is 23.0 Å². The van der Waals surface area contributed by atoms with Crippen molar-refractivity contribution in [1.29, 1.82) is 0 Å². The number of rotatable bonds is 8. The number of allylic oxidation sites excluding steroid dienone is 2. The van der Waals surface area contributed by atoms with Gasteiger partial charge in [0.1, 0.15) is 12.1 Å². The molecule has 0 radical (unpaired) electrons. The minimum atomic E-state index is -1.46. The van der Waals surface area contributed by atoms with Crippen LogP contribution in [0, 0.1) is 22.0 Å². The Bertz CT molecular complexity index is 1170. The number of nitrogens with one attached hydrogen (secondary N) is 2. The number of hydrogen-bond donors (Lipinski definition) is 3. The summed E-state index contributed by atoms with van der Waals surface area (Å²) < 4.78 is 5.46. The van der Waals surface area contributed by atoms with Crippen LogP contribution < -0.4 is 10.6 Å². The van der Waals surface area contributed by atoms with E-state index >= 15 is 0 Å². The molecule has 0 bridgehead atoms. The van der Waals surface area contributed by atoms with Gasteiger partial charge in [0.25, 0.3) is 5.69 Å². The highest BCUT2D eigenvalue weighted by atomic mass is 35.5. The molecule has 1 aromatic rings. The van der Waals surface area contributed by atoms with E-state index in [2.05, 4.69) is 10.6 Å². The number of urea groups is 1. The molecule has 1 fully saturated rings. The van der Waals surface area contributed by atoms with Crippen molar-refractivity contribution in [2.24, 2.45) is 11.8 Å². The van der Waals surface area contributed by atoms with Crippen molar-refractivity contribution in [3.63, 3.8) is 0 Å². The van der Waals surface area contributed by atoms with E-state index in [1.165, 1.54) is 13.2 Å². The fourth-order valence-electron chi connectivity index (χ4n) is 4.39. The van der Waals surface area contributed by atoms with E-state index < -0.39 is 58.5 Å². The van der Waals surface area contributed by atoms with Crippen molar-refractivity contribution in [3.8, 4) is 0 Å². The number of amides is 4. The molecule has 0 aromatic heterocycles. The van der Waals surface area contributed by atoms with Crippen LogP contribution >= 0.6 is 11.6 Å². The number of carboxylic acid groups (broad SMARTS) is 1. The highest BCUT2D eigenvalue weighted by Crippen LogP contribution is 2.29. The van der Waals surface area contributed by atoms with Crippen LogP contribution in [0.25, 0.3) is 0 Å². The van der Waals surface area contributed by atoms with Crippen LogP contribution in [-0.2, 0) is 14.3 Å². The number of imide groups is 1. The molecular weight excluding hydrogens is 508 g/mol. The van der Waals surface area contributed by atoms with E-state index in [4.69, 9.17) is 16.3 Å². The van der Waals surface area contributed by atoms with Gasteiger partial charge in [-0.25, -0.2) is 9.59 Å². The summed E-state index contributed by atoms with van der Waals surface area (Å²) in [6.07, 6.45) is 5.45. The van der Waals surface area contributed by atoms with Gasteiger partial charge >= 0.3 is 12.0 Å². The van der Waals surface area contributed by atoms with Gasteiger partial charge in [-0.15, -0.1) is 0 Å². The van der Waals surface area contributed by atoms with Gasteiger partial charge in [0.15, 0.2) is 0 Å². The summed E-state index contributed by atoms with van der Waals surface area (Å²) in [6, 6.07) is 1.91. The molecule has 0 spiro atoms. The van der Waals surface area contributed by atoms with E-state index in [0.717, 1.165) is 17.0 Å². The van der Waals surface area contributed by atoms with Gasteiger partial charge < -0.3 is 20.5 Å². The highest BCUT2D eigenvalue weighted by Gasteiger charge is 2.37. The van der Waals surface area contributed by atoms with Crippen molar-refractivity contribution >= 4 is 41.1 Å². The minimum absolute atomic E-state index is 0.0314. The third kappa shape index (κ3) is 6.52. The molecule has 3 rings (SSSR count). The van der Waals surface area contributed by atoms with Gasteiger partial charge in [-0.05, 0) is 30.5 Å². The molecule has 198 valence electrons. The molecule has 1 saturated heterocycles. The second kappa shape index (κ2) is 12.0. The lowest BCUT2D eigenvalue weighted by molar-refractivity contribution is -0.385. The molecule has 4 atom stereocenters. The van der Waals surface area contributed by atoms with E-state index in [9.17, 15) is 34.4 Å². The first kappa shape index (κ1) is 27.8. The smallest absolute Gasteiger partial charge is 0.342 e. The number of nitrogens with zero attached hydrogens (tertiary/aromatic N) is 2. The average Bonchev–Trinajstić information content (AvgIpc) is 3.00. The first-order valence-electron chi connectivity index (χ1n) is 11.5. The molecule has 4 amide bonds. The summed E-state index contributed by atoms with van der Waals surface area (Å²) in [5, 5.41) is 26.4. The Labute approximate surface area is 217 Å². The summed E-state index contributed by atoms with van der Waals surface area (Å²) in [5.74, 6) is -3.52. The Balaban J connectivity index is 1.81. The molecular formula is C24H27ClN4O8. The zero-order valence-corrected chi connectivity index (χ0v) is 20.9. The van der Waals surface area contributed by atoms with Crippen molar-refractivity contribution in [3.05, 3.63) is 62.7 Å². The van der Waals surface area contributed by atoms with E-state index in [0.29, 0.717) is 5.03 Å². The summed E-state index contributed by atoms with van der Waals surface area (Å²) in [6.45, 7) is 1.24. The van der Waals surface area contributed by atoms with Gasteiger partial charge in [0.2, 0.25) is 11.8 Å². The molecule has 1 heterocycles. The molecule has 1 aliphatic heterocycles. The highest BCUT2D eigenvalue weighted by molar-refractivity contribution is 6.31. The second-order valence-electron chi connectivity index (χ2n) is 8.69. The Morgan fingerprint density at radius 3 is 2.73 bits per heavy atom. The molecule has 2 aliphatic rings. The zero-order chi connectivity index (χ0) is 27.3. The second-order valence-corrected chi connectivity index (χ2v) is 9.12. The molecule has 37 heavy (non-hydrogen) atoms. The van der Waals surface area contributed by atoms with Gasteiger partial charge in [0, 0.05) is 30.7 Å². The minimum Gasteiger partial charge on any atom is -0.477 e. The van der Waals surface area contributed by atoms with Crippen LogP contribution in [0.3, 0.4) is 0 Å². The fourth-order valence-corrected chi connectivity index (χ4v) is 4.63. The lowest BCUT2D eigenvalue weighted by Gasteiger charge is -2.29. The Kier molecular flexibility index (Phi) is 9.00. The van der Waals surface area contributed by atoms with Crippen LogP contribution in [0.2, 0.25) is 0 Å². The lowest BCUT2D eigenvalue weighted by atomic mass is 9.87. The average molecular weight is 535 g/mol. The number of halogens is 1. The van der Waals surface area contributed by atoms with Crippen LogP contribution in [0.4, 0.5) is 10.5 Å². The SMILES string of the molecule is CC[C@@H](NC(=O)N1CC(=O)NC[C@H](CC2C=C(Cl)C=CC2OC)C1=O)c1ccc(C(=O)O)c([N+](=O)[O-])c1. The topological polar surface area (TPSA) is 168 Å². The quantitative estimate of drug-likeness (QED) is 0.338. The summed E-state index contributed by atoms with van der Waals surface area (Å²) in [7, 11) is 1.53. The standard InChI is InChI=1S/C24H27ClN4O8/c1-3-18(13-4-6-17(23(32)33)19(10-13)29(35)36)27-24(34)28-12-21(30)26-11-15(22(28)31)8-14-9-16(25)5-7-20(14)37-2/h4-7,9-10,14-15,18,20H,3,8,11-12H2,1-2H3,(H,26,30)(H,27,34)(H,32,33)/t14?,15-,18+,20?/m0/s1. The summed E-state index contributed by atoms with van der Waals surface area (Å²) >= 11 is 6.13. The number of ether oxygens (including phenoxy) is 1. The maximum atomic E-state index is 13.4. The Morgan fingerprint density at radius 2 is 2.11 bits per heavy atom. The molecule has 2 unspecified atom stereocenters. The number of hydrogen-bond acceptors (Lipinski definition) is 7. The molecule has 13 heteroatoms. The predicted octanol–water partition coefficient (Wildman–Crippen LogP) is 2.74. The first-order chi connectivity index (χ1) is 17.5. The number of carboxylic acids is 1. The lowest BCUT2D eigenvalue weighted by Crippen LogP contribution is -2.48. The fraction of sp³-hybridized carbons (Fsp3) is 0.417. The monoisotopic (exact) mass is 534 g/mol. The summed E-state index contributed by atoms with van der Waals surface area (Å²) in [4.78, 5) is 61.5. The van der Waals surface area contributed by atoms with Crippen molar-refractivity contribution in [2.45, 2.75) is 31.9 Å². The molecule has 12 nitrogen and oxygen atoms in total. The predicted molar refractivity (Wildman–Crippen MR) is 132 cm³/mol. The van der Waals surface area contributed by atoms with E-state index in [1.54, 1.807) is 25.2 Å². The van der Waals surface area contributed by atoms with Gasteiger partial charge in [-0.3, -0.25) is 24.6 Å². The van der Waals surface area contributed by atoms with Gasteiger partial charge in [-0.1, -0.05) is 36.7 Å². The summed E-state index contributed by atoms with van der Waals surface area (Å²) in [5.41, 5.74) is -0.824. The number of nitro benzene ring substituents is 1. The number of aromatic carboxylic acids is 1. The Morgan fingerprint density at radius 1 is 1.38 bits per heavy atom. The van der Waals surface area contributed by atoms with Crippen molar-refractivity contribution < 1.29 is 33.9 Å². The van der Waals surface area contributed by atoms with Crippen molar-refractivity contribution in [1.82, 2.24) is 15.5 Å². The molecule has 1 aliphatic carbocycles. The number of methoxy groups -OCH3 is 1. The number of benzene rings is 1. The molecule has 1 aromatic carbocycles. The normalized spacial score (nSPS) is 22.5.